The number of fused-ring (bicyclic) bond motifs is 1. The molecule has 0 N–H and O–H groups in total. The molecule has 2 aliphatic rings. The Labute approximate surface area is 136 Å². The number of hydrogen-bond donors (Lipinski definition) is 0. The largest absolute Gasteiger partial charge is 0.370 e. The van der Waals surface area contributed by atoms with E-state index in [0.29, 0.717) is 11.8 Å². The molecule has 2 fully saturated rings. The molecule has 0 aromatic carbocycles. The van der Waals surface area contributed by atoms with Crippen molar-refractivity contribution in [3.63, 3.8) is 0 Å². The number of piperidine rings is 1. The first-order valence-electron chi connectivity index (χ1n) is 8.28. The minimum absolute atomic E-state index is 0.167. The predicted molar refractivity (Wildman–Crippen MR) is 89.4 cm³/mol. The number of carbonyl (C=O) groups excluding carboxylic acids is 1. The highest BCUT2D eigenvalue weighted by Crippen LogP contribution is 2.33. The van der Waals surface area contributed by atoms with Gasteiger partial charge in [0.25, 0.3) is 5.91 Å². The molecule has 4 rings (SSSR count). The number of likely N-dealkylation sites (tertiary alicyclic amines) is 1. The maximum Gasteiger partial charge on any atom is 0.270 e. The van der Waals surface area contributed by atoms with Crippen LogP contribution in [0.2, 0.25) is 0 Å². The molecule has 2 atom stereocenters. The molecule has 2 saturated heterocycles. The van der Waals surface area contributed by atoms with Crippen LogP contribution in [0.25, 0.3) is 0 Å². The molecule has 0 spiro atoms. The molecule has 2 aromatic heterocycles. The average molecular weight is 310 g/mol. The second-order valence-electron chi connectivity index (χ2n) is 6.68. The minimum atomic E-state index is 0.167. The SMILES string of the molecule is Cn1cccc1C(=O)N1C[C@H]2CCN(c3cccnc3)C[C@H]2C1. The summed E-state index contributed by atoms with van der Waals surface area (Å²) in [6.07, 6.45) is 6.82. The number of amides is 1. The molecular formula is C18H22N4O. The molecule has 0 bridgehead atoms. The van der Waals surface area contributed by atoms with Gasteiger partial charge in [-0.1, -0.05) is 0 Å². The van der Waals surface area contributed by atoms with E-state index in [4.69, 9.17) is 0 Å². The van der Waals surface area contributed by atoms with Crippen LogP contribution >= 0.6 is 0 Å². The Balaban J connectivity index is 1.46. The Kier molecular flexibility index (Phi) is 3.56. The third kappa shape index (κ3) is 2.60. The van der Waals surface area contributed by atoms with Crippen molar-refractivity contribution in [1.82, 2.24) is 14.5 Å². The van der Waals surface area contributed by atoms with Crippen molar-refractivity contribution in [1.29, 1.82) is 0 Å². The lowest BCUT2D eigenvalue weighted by Gasteiger charge is -2.35. The summed E-state index contributed by atoms with van der Waals surface area (Å²) in [6, 6.07) is 7.95. The van der Waals surface area contributed by atoms with Crippen molar-refractivity contribution in [2.24, 2.45) is 18.9 Å². The molecule has 5 nitrogen and oxygen atoms in total. The first kappa shape index (κ1) is 14.3. The minimum Gasteiger partial charge on any atom is -0.370 e. The van der Waals surface area contributed by atoms with Gasteiger partial charge in [-0.25, -0.2) is 0 Å². The van der Waals surface area contributed by atoms with E-state index in [2.05, 4.69) is 16.0 Å². The maximum absolute atomic E-state index is 12.7. The summed E-state index contributed by atoms with van der Waals surface area (Å²) in [5.41, 5.74) is 1.98. The number of carbonyl (C=O) groups is 1. The predicted octanol–water partition coefficient (Wildman–Crippen LogP) is 2.02. The van der Waals surface area contributed by atoms with E-state index in [1.165, 1.54) is 5.69 Å². The van der Waals surface area contributed by atoms with Gasteiger partial charge < -0.3 is 14.4 Å². The zero-order valence-electron chi connectivity index (χ0n) is 13.4. The molecule has 2 aromatic rings. The van der Waals surface area contributed by atoms with Gasteiger partial charge in [-0.15, -0.1) is 0 Å². The molecule has 0 saturated carbocycles. The van der Waals surface area contributed by atoms with Crippen LogP contribution in [0.1, 0.15) is 16.9 Å². The summed E-state index contributed by atoms with van der Waals surface area (Å²) in [4.78, 5) is 21.4. The van der Waals surface area contributed by atoms with E-state index in [0.717, 1.165) is 38.3 Å². The number of rotatable bonds is 2. The number of hydrogen-bond acceptors (Lipinski definition) is 3. The second kappa shape index (κ2) is 5.72. The van der Waals surface area contributed by atoms with Crippen LogP contribution < -0.4 is 4.90 Å². The molecule has 0 unspecified atom stereocenters. The summed E-state index contributed by atoms with van der Waals surface area (Å²) in [5.74, 6) is 1.36. The van der Waals surface area contributed by atoms with E-state index < -0.39 is 0 Å². The van der Waals surface area contributed by atoms with Gasteiger partial charge >= 0.3 is 0 Å². The fourth-order valence-electron chi connectivity index (χ4n) is 3.96. The van der Waals surface area contributed by atoms with E-state index in [9.17, 15) is 4.79 Å². The normalized spacial score (nSPS) is 23.9. The summed E-state index contributed by atoms with van der Waals surface area (Å²) in [5, 5.41) is 0. The van der Waals surface area contributed by atoms with Gasteiger partial charge in [0.1, 0.15) is 5.69 Å². The standard InChI is InChI=1S/C18H22N4O/c1-20-8-3-5-17(20)18(23)22-11-14-6-9-21(12-15(14)13-22)16-4-2-7-19-10-16/h2-5,7-8,10,14-15H,6,9,11-13H2,1H3/t14-,15+/m1/s1. The van der Waals surface area contributed by atoms with Gasteiger partial charge in [-0.3, -0.25) is 9.78 Å². The lowest BCUT2D eigenvalue weighted by Crippen LogP contribution is -2.40. The van der Waals surface area contributed by atoms with Crippen LogP contribution in [0.15, 0.2) is 42.9 Å². The fourth-order valence-corrected chi connectivity index (χ4v) is 3.96. The van der Waals surface area contributed by atoms with Gasteiger partial charge in [0.05, 0.1) is 11.9 Å². The first-order chi connectivity index (χ1) is 11.2. The molecule has 0 radical (unpaired) electrons. The number of nitrogens with zero attached hydrogens (tertiary/aromatic N) is 4. The Bertz CT molecular complexity index is 696. The Morgan fingerprint density at radius 1 is 1.17 bits per heavy atom. The number of pyridine rings is 1. The fraction of sp³-hybridized carbons (Fsp3) is 0.444. The van der Waals surface area contributed by atoms with Gasteiger partial charge in [-0.2, -0.15) is 0 Å². The van der Waals surface area contributed by atoms with E-state index in [1.807, 2.05) is 53.3 Å². The lowest BCUT2D eigenvalue weighted by molar-refractivity contribution is 0.0775. The third-order valence-electron chi connectivity index (χ3n) is 5.26. The molecule has 5 heteroatoms. The molecule has 23 heavy (non-hydrogen) atoms. The van der Waals surface area contributed by atoms with Crippen molar-refractivity contribution < 1.29 is 4.79 Å². The zero-order chi connectivity index (χ0) is 15.8. The lowest BCUT2D eigenvalue weighted by atomic mass is 9.88. The summed E-state index contributed by atoms with van der Waals surface area (Å²) < 4.78 is 1.91. The van der Waals surface area contributed by atoms with Gasteiger partial charge in [0.15, 0.2) is 0 Å². The molecule has 120 valence electrons. The van der Waals surface area contributed by atoms with Crippen molar-refractivity contribution in [2.45, 2.75) is 6.42 Å². The van der Waals surface area contributed by atoms with Crippen molar-refractivity contribution in [3.8, 4) is 0 Å². The monoisotopic (exact) mass is 310 g/mol. The maximum atomic E-state index is 12.7. The Hall–Kier alpha value is -2.30. The highest BCUT2D eigenvalue weighted by Gasteiger charge is 2.39. The number of aryl methyl sites for hydroxylation is 1. The van der Waals surface area contributed by atoms with Crippen LogP contribution in [0.4, 0.5) is 5.69 Å². The molecular weight excluding hydrogens is 288 g/mol. The molecule has 4 heterocycles. The van der Waals surface area contributed by atoms with Crippen LogP contribution in [0.5, 0.6) is 0 Å². The average Bonchev–Trinajstić information content (AvgIpc) is 3.20. The van der Waals surface area contributed by atoms with E-state index in [1.54, 1.807) is 0 Å². The number of anilines is 1. The second-order valence-corrected chi connectivity index (χ2v) is 6.68. The summed E-state index contributed by atoms with van der Waals surface area (Å²) in [6.45, 7) is 3.84. The van der Waals surface area contributed by atoms with Crippen molar-refractivity contribution in [2.75, 3.05) is 31.1 Å². The third-order valence-corrected chi connectivity index (χ3v) is 5.26. The smallest absolute Gasteiger partial charge is 0.270 e. The van der Waals surface area contributed by atoms with Gasteiger partial charge in [-0.05, 0) is 42.5 Å². The van der Waals surface area contributed by atoms with Crippen molar-refractivity contribution >= 4 is 11.6 Å². The zero-order valence-corrected chi connectivity index (χ0v) is 13.4. The van der Waals surface area contributed by atoms with Crippen LogP contribution in [0.3, 0.4) is 0 Å². The molecule has 0 aliphatic carbocycles. The Morgan fingerprint density at radius 2 is 2.04 bits per heavy atom. The van der Waals surface area contributed by atoms with E-state index in [-0.39, 0.29) is 5.91 Å². The number of aromatic nitrogens is 2. The topological polar surface area (TPSA) is 41.4 Å². The highest BCUT2D eigenvalue weighted by atomic mass is 16.2. The van der Waals surface area contributed by atoms with E-state index >= 15 is 0 Å². The quantitative estimate of drug-likeness (QED) is 0.852. The summed E-state index contributed by atoms with van der Waals surface area (Å²) >= 11 is 0. The molecule has 1 amide bonds. The van der Waals surface area contributed by atoms with Crippen LogP contribution in [0, 0.1) is 11.8 Å². The first-order valence-corrected chi connectivity index (χ1v) is 8.28. The van der Waals surface area contributed by atoms with Gasteiger partial charge in [0.2, 0.25) is 0 Å². The van der Waals surface area contributed by atoms with Crippen LogP contribution in [-0.2, 0) is 7.05 Å². The van der Waals surface area contributed by atoms with Gasteiger partial charge in [0, 0.05) is 45.6 Å². The summed E-state index contributed by atoms with van der Waals surface area (Å²) in [7, 11) is 1.93. The molecule has 2 aliphatic heterocycles. The Morgan fingerprint density at radius 3 is 2.78 bits per heavy atom. The highest BCUT2D eigenvalue weighted by molar-refractivity contribution is 5.93. The van der Waals surface area contributed by atoms with Crippen molar-refractivity contribution in [3.05, 3.63) is 48.5 Å². The van der Waals surface area contributed by atoms with Crippen LogP contribution in [-0.4, -0.2) is 46.5 Å².